The van der Waals surface area contributed by atoms with Gasteiger partial charge in [0.25, 0.3) is 5.91 Å². The lowest BCUT2D eigenvalue weighted by molar-refractivity contribution is -0.110. The largest absolute Gasteiger partial charge is 0.321 e. The predicted octanol–water partition coefficient (Wildman–Crippen LogP) is 1.72. The first-order valence-corrected chi connectivity index (χ1v) is 4.43. The fraction of sp³-hybridized carbons (Fsp3) is 0. The number of allylic oxidation sites excluding steroid dienone is 1. The van der Waals surface area contributed by atoms with Crippen LogP contribution < -0.4 is 5.32 Å². The highest BCUT2D eigenvalue weighted by Gasteiger charge is 2.29. The zero-order valence-corrected chi connectivity index (χ0v) is 8.21. The van der Waals surface area contributed by atoms with E-state index in [-0.39, 0.29) is 16.8 Å². The van der Waals surface area contributed by atoms with Gasteiger partial charge in [-0.1, -0.05) is 0 Å². The summed E-state index contributed by atoms with van der Waals surface area (Å²) < 4.78 is 26.0. The van der Waals surface area contributed by atoms with Crippen molar-refractivity contribution in [3.8, 4) is 12.1 Å². The number of hydrogen-bond acceptors (Lipinski definition) is 3. The molecule has 0 bridgehead atoms. The molecule has 0 unspecified atom stereocenters. The molecular formula is C11H3F2N3O. The van der Waals surface area contributed by atoms with Gasteiger partial charge in [-0.15, -0.1) is 0 Å². The van der Waals surface area contributed by atoms with E-state index in [4.69, 9.17) is 10.5 Å². The molecule has 0 aliphatic carbocycles. The Bertz CT molecular complexity index is 634. The van der Waals surface area contributed by atoms with Crippen molar-refractivity contribution in [2.75, 3.05) is 5.32 Å². The highest BCUT2D eigenvalue weighted by molar-refractivity contribution is 6.33. The van der Waals surface area contributed by atoms with Crippen LogP contribution in [0.3, 0.4) is 0 Å². The van der Waals surface area contributed by atoms with E-state index < -0.39 is 23.1 Å². The van der Waals surface area contributed by atoms with Crippen LogP contribution in [-0.2, 0) is 4.79 Å². The van der Waals surface area contributed by atoms with Crippen molar-refractivity contribution in [2.24, 2.45) is 0 Å². The van der Waals surface area contributed by atoms with E-state index in [1.54, 1.807) is 12.1 Å². The third-order valence-electron chi connectivity index (χ3n) is 2.28. The number of fused-ring (bicyclic) bond motifs is 1. The Morgan fingerprint density at radius 1 is 1.18 bits per heavy atom. The molecule has 0 aromatic heterocycles. The highest BCUT2D eigenvalue weighted by Crippen LogP contribution is 2.34. The van der Waals surface area contributed by atoms with E-state index in [1.165, 1.54) is 0 Å². The number of hydrogen-bond donors (Lipinski definition) is 1. The number of halogens is 2. The van der Waals surface area contributed by atoms with Crippen LogP contribution in [0.2, 0.25) is 0 Å². The van der Waals surface area contributed by atoms with Crippen molar-refractivity contribution in [2.45, 2.75) is 0 Å². The van der Waals surface area contributed by atoms with Crippen LogP contribution in [0.4, 0.5) is 14.5 Å². The molecule has 1 N–H and O–H groups in total. The maximum Gasteiger partial charge on any atom is 0.258 e. The van der Waals surface area contributed by atoms with Gasteiger partial charge in [0.05, 0.1) is 11.3 Å². The molecule has 4 nitrogen and oxygen atoms in total. The summed E-state index contributed by atoms with van der Waals surface area (Å²) in [6.07, 6.45) is 0. The lowest BCUT2D eigenvalue weighted by atomic mass is 10.0. The van der Waals surface area contributed by atoms with Crippen molar-refractivity contribution in [1.82, 2.24) is 0 Å². The van der Waals surface area contributed by atoms with Gasteiger partial charge in [0.2, 0.25) is 0 Å². The van der Waals surface area contributed by atoms with Gasteiger partial charge in [-0.05, 0) is 6.07 Å². The normalized spacial score (nSPS) is 12.5. The lowest BCUT2D eigenvalue weighted by Gasteiger charge is -1.99. The average molecular weight is 231 g/mol. The first-order chi connectivity index (χ1) is 8.08. The third-order valence-corrected chi connectivity index (χ3v) is 2.28. The number of anilines is 1. The summed E-state index contributed by atoms with van der Waals surface area (Å²) in [6, 6.07) is 4.67. The molecule has 17 heavy (non-hydrogen) atoms. The quantitative estimate of drug-likeness (QED) is 0.545. The Balaban J connectivity index is 2.77. The molecule has 0 saturated carbocycles. The van der Waals surface area contributed by atoms with Crippen LogP contribution in [0.1, 0.15) is 5.56 Å². The highest BCUT2D eigenvalue weighted by atomic mass is 19.2. The molecule has 2 rings (SSSR count). The summed E-state index contributed by atoms with van der Waals surface area (Å²) in [4.78, 5) is 11.5. The fourth-order valence-electron chi connectivity index (χ4n) is 1.55. The summed E-state index contributed by atoms with van der Waals surface area (Å²) in [7, 11) is 0. The minimum Gasteiger partial charge on any atom is -0.321 e. The second kappa shape index (κ2) is 3.69. The Labute approximate surface area is 94.4 Å². The maximum absolute atomic E-state index is 13.0. The fourth-order valence-corrected chi connectivity index (χ4v) is 1.55. The minimum atomic E-state index is -1.15. The summed E-state index contributed by atoms with van der Waals surface area (Å²) in [5, 5.41) is 19.6. The van der Waals surface area contributed by atoms with Crippen molar-refractivity contribution in [3.63, 3.8) is 0 Å². The number of rotatable bonds is 0. The van der Waals surface area contributed by atoms with Crippen LogP contribution in [0, 0.1) is 34.3 Å². The minimum absolute atomic E-state index is 0.0204. The van der Waals surface area contributed by atoms with Crippen molar-refractivity contribution in [1.29, 1.82) is 10.5 Å². The Morgan fingerprint density at radius 2 is 1.76 bits per heavy atom. The molecule has 1 amide bonds. The molecule has 1 aromatic carbocycles. The van der Waals surface area contributed by atoms with Gasteiger partial charge >= 0.3 is 0 Å². The van der Waals surface area contributed by atoms with Crippen LogP contribution >= 0.6 is 0 Å². The standard InChI is InChI=1S/C11H3F2N3O/c12-7-1-6-9(2-8(7)13)16-11(17)10(6)5(3-14)4-15/h1-2H,(H,16,17). The van der Waals surface area contributed by atoms with Crippen LogP contribution in [-0.4, -0.2) is 5.91 Å². The number of amides is 1. The molecule has 1 aliphatic rings. The molecule has 0 spiro atoms. The smallest absolute Gasteiger partial charge is 0.258 e. The van der Waals surface area contributed by atoms with E-state index in [9.17, 15) is 13.6 Å². The zero-order chi connectivity index (χ0) is 12.6. The average Bonchev–Trinajstić information content (AvgIpc) is 2.59. The number of nitriles is 2. The van der Waals surface area contributed by atoms with E-state index in [2.05, 4.69) is 5.32 Å². The molecule has 82 valence electrons. The van der Waals surface area contributed by atoms with E-state index >= 15 is 0 Å². The maximum atomic E-state index is 13.0. The van der Waals surface area contributed by atoms with Crippen LogP contribution in [0.15, 0.2) is 17.7 Å². The second-order valence-corrected chi connectivity index (χ2v) is 3.24. The molecule has 0 atom stereocenters. The molecule has 0 saturated heterocycles. The molecular weight excluding hydrogens is 228 g/mol. The van der Waals surface area contributed by atoms with Crippen molar-refractivity contribution < 1.29 is 13.6 Å². The van der Waals surface area contributed by atoms with Crippen molar-refractivity contribution in [3.05, 3.63) is 34.9 Å². The van der Waals surface area contributed by atoms with E-state index in [1.807, 2.05) is 0 Å². The molecule has 1 aromatic rings. The summed E-state index contributed by atoms with van der Waals surface area (Å²) in [6.45, 7) is 0. The second-order valence-electron chi connectivity index (χ2n) is 3.24. The van der Waals surface area contributed by atoms with Gasteiger partial charge in [-0.3, -0.25) is 4.79 Å². The lowest BCUT2D eigenvalue weighted by Crippen LogP contribution is -2.05. The Morgan fingerprint density at radius 3 is 2.35 bits per heavy atom. The number of nitrogens with zero attached hydrogens (tertiary/aromatic N) is 2. The van der Waals surface area contributed by atoms with E-state index in [0.29, 0.717) is 0 Å². The van der Waals surface area contributed by atoms with Crippen molar-refractivity contribution >= 4 is 17.2 Å². The first-order valence-electron chi connectivity index (χ1n) is 4.43. The predicted molar refractivity (Wildman–Crippen MR) is 53.1 cm³/mol. The summed E-state index contributed by atoms with van der Waals surface area (Å²) in [5.41, 5.74) is -0.602. The van der Waals surface area contributed by atoms with Gasteiger partial charge in [0.1, 0.15) is 17.7 Å². The van der Waals surface area contributed by atoms with Gasteiger partial charge in [0.15, 0.2) is 11.6 Å². The van der Waals surface area contributed by atoms with E-state index in [0.717, 1.165) is 12.1 Å². The monoisotopic (exact) mass is 231 g/mol. The molecule has 0 radical (unpaired) electrons. The Hall–Kier alpha value is -2.73. The summed E-state index contributed by atoms with van der Waals surface area (Å²) in [5.74, 6) is -2.98. The number of carbonyl (C=O) groups excluding carboxylic acids is 1. The molecule has 6 heteroatoms. The van der Waals surface area contributed by atoms with Gasteiger partial charge < -0.3 is 5.32 Å². The van der Waals surface area contributed by atoms with Crippen LogP contribution in [0.5, 0.6) is 0 Å². The Kier molecular flexibility index (Phi) is 2.34. The molecule has 1 heterocycles. The third kappa shape index (κ3) is 1.52. The topological polar surface area (TPSA) is 76.7 Å². The van der Waals surface area contributed by atoms with Gasteiger partial charge in [-0.25, -0.2) is 8.78 Å². The SMILES string of the molecule is N#CC(C#N)=C1C(=O)Nc2cc(F)c(F)cc21. The summed E-state index contributed by atoms with van der Waals surface area (Å²) >= 11 is 0. The van der Waals surface area contributed by atoms with Gasteiger partial charge in [-0.2, -0.15) is 10.5 Å². The first kappa shape index (κ1) is 10.8. The molecule has 1 aliphatic heterocycles. The number of nitrogens with one attached hydrogen (secondary N) is 1. The number of carbonyl (C=O) groups is 1. The molecule has 0 fully saturated rings. The van der Waals surface area contributed by atoms with Crippen LogP contribution in [0.25, 0.3) is 5.57 Å². The van der Waals surface area contributed by atoms with Gasteiger partial charge in [0, 0.05) is 11.6 Å². The number of benzene rings is 1. The zero-order valence-electron chi connectivity index (χ0n) is 8.21.